The fraction of sp³-hybridized carbons (Fsp3) is 0. The first kappa shape index (κ1) is 9.71. The van der Waals surface area contributed by atoms with Crippen LogP contribution < -0.4 is 5.69 Å². The predicted octanol–water partition coefficient (Wildman–Crippen LogP) is 2.81. The first-order valence-corrected chi connectivity index (χ1v) is 5.24. The molecule has 0 aliphatic heterocycles. The maximum atomic E-state index is 10.9. The quantitative estimate of drug-likeness (QED) is 0.842. The van der Waals surface area contributed by atoms with Crippen molar-refractivity contribution in [3.63, 3.8) is 0 Å². The second kappa shape index (κ2) is 3.73. The van der Waals surface area contributed by atoms with Crippen molar-refractivity contribution in [2.75, 3.05) is 0 Å². The molecule has 0 aromatic carbocycles. The van der Waals surface area contributed by atoms with Crippen LogP contribution in [-0.2, 0) is 0 Å². The van der Waals surface area contributed by atoms with Crippen LogP contribution in [0.2, 0.25) is 8.67 Å². The summed E-state index contributed by atoms with van der Waals surface area (Å²) in [6.07, 6.45) is 1.43. The summed E-state index contributed by atoms with van der Waals surface area (Å²) in [5.41, 5.74) is 0.945. The van der Waals surface area contributed by atoms with Gasteiger partial charge < -0.3 is 4.98 Å². The Kier molecular flexibility index (Phi) is 2.58. The van der Waals surface area contributed by atoms with Gasteiger partial charge in [0.2, 0.25) is 0 Å². The van der Waals surface area contributed by atoms with Crippen LogP contribution >= 0.6 is 34.5 Å². The van der Waals surface area contributed by atoms with Crippen molar-refractivity contribution in [1.82, 2.24) is 9.97 Å². The van der Waals surface area contributed by atoms with Gasteiger partial charge in [0.25, 0.3) is 0 Å². The van der Waals surface area contributed by atoms with E-state index in [0.29, 0.717) is 14.4 Å². The van der Waals surface area contributed by atoms with Crippen LogP contribution in [0.15, 0.2) is 23.1 Å². The molecule has 0 atom stereocenters. The standard InChI is InChI=1S/C8H4Cl2N2OS/c9-6-3-4(7(10)14-6)5-1-2-11-8(13)12-5/h1-3H,(H,11,12,13). The van der Waals surface area contributed by atoms with Crippen molar-refractivity contribution in [1.29, 1.82) is 0 Å². The molecule has 2 heterocycles. The van der Waals surface area contributed by atoms with Gasteiger partial charge in [-0.15, -0.1) is 11.3 Å². The third-order valence-corrected chi connectivity index (χ3v) is 3.11. The van der Waals surface area contributed by atoms with Gasteiger partial charge in [-0.05, 0) is 12.1 Å². The minimum atomic E-state index is -0.402. The van der Waals surface area contributed by atoms with Crippen molar-refractivity contribution in [2.45, 2.75) is 0 Å². The van der Waals surface area contributed by atoms with E-state index in [0.717, 1.165) is 5.56 Å². The van der Waals surface area contributed by atoms with E-state index in [2.05, 4.69) is 9.97 Å². The van der Waals surface area contributed by atoms with Crippen LogP contribution in [0.4, 0.5) is 0 Å². The molecule has 2 aromatic heterocycles. The molecule has 2 aromatic rings. The molecular formula is C8H4Cl2N2OS. The molecule has 0 bridgehead atoms. The fourth-order valence-electron chi connectivity index (χ4n) is 1.05. The molecular weight excluding hydrogens is 243 g/mol. The lowest BCUT2D eigenvalue weighted by atomic mass is 10.2. The first-order valence-electron chi connectivity index (χ1n) is 3.67. The number of nitrogens with zero attached hydrogens (tertiary/aromatic N) is 1. The number of rotatable bonds is 1. The van der Waals surface area contributed by atoms with Crippen molar-refractivity contribution in [3.8, 4) is 11.3 Å². The van der Waals surface area contributed by atoms with Crippen molar-refractivity contribution in [2.24, 2.45) is 0 Å². The highest BCUT2D eigenvalue weighted by Gasteiger charge is 2.08. The molecule has 3 nitrogen and oxygen atoms in total. The molecule has 0 spiro atoms. The molecule has 0 amide bonds. The average Bonchev–Trinajstić information content (AvgIpc) is 2.45. The Morgan fingerprint density at radius 3 is 2.79 bits per heavy atom. The Balaban J connectivity index is 2.59. The lowest BCUT2D eigenvalue weighted by Gasteiger charge is -1.96. The van der Waals surface area contributed by atoms with Gasteiger partial charge in [0.1, 0.15) is 4.34 Å². The molecule has 0 aliphatic carbocycles. The van der Waals surface area contributed by atoms with E-state index in [4.69, 9.17) is 23.2 Å². The van der Waals surface area contributed by atoms with Crippen molar-refractivity contribution >= 4 is 34.5 Å². The number of halogens is 2. The monoisotopic (exact) mass is 246 g/mol. The van der Waals surface area contributed by atoms with Gasteiger partial charge in [0.05, 0.1) is 10.0 Å². The molecule has 0 unspecified atom stereocenters. The molecule has 6 heteroatoms. The summed E-state index contributed by atoms with van der Waals surface area (Å²) in [6, 6.07) is 3.38. The zero-order valence-corrected chi connectivity index (χ0v) is 9.08. The van der Waals surface area contributed by atoms with E-state index >= 15 is 0 Å². The summed E-state index contributed by atoms with van der Waals surface area (Å²) in [5.74, 6) is 0. The smallest absolute Gasteiger partial charge is 0.305 e. The van der Waals surface area contributed by atoms with Crippen LogP contribution in [0.5, 0.6) is 0 Å². The maximum absolute atomic E-state index is 10.9. The van der Waals surface area contributed by atoms with Crippen LogP contribution in [0.3, 0.4) is 0 Å². The average molecular weight is 247 g/mol. The summed E-state index contributed by atoms with van der Waals surface area (Å²) in [4.78, 5) is 17.0. The normalized spacial score (nSPS) is 10.4. The van der Waals surface area contributed by atoms with Crippen LogP contribution in [0, 0.1) is 0 Å². The summed E-state index contributed by atoms with van der Waals surface area (Å²) in [7, 11) is 0. The van der Waals surface area contributed by atoms with E-state index in [1.807, 2.05) is 0 Å². The Morgan fingerprint density at radius 2 is 2.21 bits per heavy atom. The van der Waals surface area contributed by atoms with Gasteiger partial charge in [-0.1, -0.05) is 23.2 Å². The Hall–Kier alpha value is -0.840. The molecule has 1 N–H and O–H groups in total. The van der Waals surface area contributed by atoms with Crippen molar-refractivity contribution < 1.29 is 0 Å². The number of aromatic amines is 1. The lowest BCUT2D eigenvalue weighted by molar-refractivity contribution is 1.08. The maximum Gasteiger partial charge on any atom is 0.345 e. The molecule has 0 fully saturated rings. The third kappa shape index (κ3) is 1.82. The van der Waals surface area contributed by atoms with Crippen LogP contribution in [0.1, 0.15) is 0 Å². The largest absolute Gasteiger partial charge is 0.345 e. The Bertz CT molecular complexity index is 520. The topological polar surface area (TPSA) is 45.8 Å². The number of nitrogens with one attached hydrogen (secondary N) is 1. The number of hydrogen-bond acceptors (Lipinski definition) is 3. The van der Waals surface area contributed by atoms with E-state index in [9.17, 15) is 4.79 Å². The van der Waals surface area contributed by atoms with E-state index in [-0.39, 0.29) is 0 Å². The summed E-state index contributed by atoms with van der Waals surface area (Å²) < 4.78 is 1.14. The van der Waals surface area contributed by atoms with Gasteiger partial charge in [-0.2, -0.15) is 0 Å². The molecule has 0 aliphatic rings. The summed E-state index contributed by atoms with van der Waals surface area (Å²) >= 11 is 13.0. The minimum Gasteiger partial charge on any atom is -0.305 e. The lowest BCUT2D eigenvalue weighted by Crippen LogP contribution is -2.08. The molecule has 0 saturated carbocycles. The van der Waals surface area contributed by atoms with Gasteiger partial charge >= 0.3 is 5.69 Å². The molecule has 2 rings (SSSR count). The zero-order chi connectivity index (χ0) is 10.1. The summed E-state index contributed by atoms with van der Waals surface area (Å²) in [5, 5.41) is 0. The predicted molar refractivity (Wildman–Crippen MR) is 58.2 cm³/mol. The fourth-order valence-corrected chi connectivity index (χ4v) is 2.54. The Labute approximate surface area is 93.3 Å². The minimum absolute atomic E-state index is 0.402. The highest BCUT2D eigenvalue weighted by Crippen LogP contribution is 2.36. The number of aromatic nitrogens is 2. The summed E-state index contributed by atoms with van der Waals surface area (Å²) in [6.45, 7) is 0. The van der Waals surface area contributed by atoms with Gasteiger partial charge in [0, 0.05) is 11.8 Å². The third-order valence-electron chi connectivity index (χ3n) is 1.62. The number of hydrogen-bond donors (Lipinski definition) is 1. The highest BCUT2D eigenvalue weighted by atomic mass is 35.5. The molecule has 72 valence electrons. The number of H-pyrrole nitrogens is 1. The first-order chi connectivity index (χ1) is 6.66. The molecule has 0 saturated heterocycles. The van der Waals surface area contributed by atoms with Gasteiger partial charge in [-0.3, -0.25) is 0 Å². The van der Waals surface area contributed by atoms with Gasteiger partial charge in [-0.25, -0.2) is 9.78 Å². The van der Waals surface area contributed by atoms with E-state index in [1.165, 1.54) is 17.5 Å². The van der Waals surface area contributed by atoms with Crippen molar-refractivity contribution in [3.05, 3.63) is 37.5 Å². The Morgan fingerprint density at radius 1 is 1.43 bits per heavy atom. The SMILES string of the molecule is O=c1nccc(-c2cc(Cl)sc2Cl)[nH]1. The second-order valence-electron chi connectivity index (χ2n) is 2.53. The molecule has 0 radical (unpaired) electrons. The van der Waals surface area contributed by atoms with Crippen LogP contribution in [-0.4, -0.2) is 9.97 Å². The van der Waals surface area contributed by atoms with Gasteiger partial charge in [0.15, 0.2) is 0 Å². The van der Waals surface area contributed by atoms with Crippen LogP contribution in [0.25, 0.3) is 11.3 Å². The van der Waals surface area contributed by atoms with E-state index in [1.54, 1.807) is 12.1 Å². The molecule has 14 heavy (non-hydrogen) atoms. The second-order valence-corrected chi connectivity index (χ2v) is 4.81. The number of thiophene rings is 1. The zero-order valence-electron chi connectivity index (χ0n) is 6.75. The highest BCUT2D eigenvalue weighted by molar-refractivity contribution is 7.20. The van der Waals surface area contributed by atoms with E-state index < -0.39 is 5.69 Å².